The van der Waals surface area contributed by atoms with Crippen molar-refractivity contribution in [2.24, 2.45) is 5.92 Å². The molecule has 4 nitrogen and oxygen atoms in total. The monoisotopic (exact) mass is 352 g/mol. The van der Waals surface area contributed by atoms with E-state index >= 15 is 0 Å². The molecule has 0 amide bonds. The Balaban J connectivity index is 1.78. The smallest absolute Gasteiger partial charge is 0.227 e. The molecule has 0 saturated heterocycles. The van der Waals surface area contributed by atoms with Crippen LogP contribution in [0.2, 0.25) is 0 Å². The Hall–Kier alpha value is -1.56. The summed E-state index contributed by atoms with van der Waals surface area (Å²) in [5.74, 6) is 0.660. The van der Waals surface area contributed by atoms with Crippen LogP contribution in [0.5, 0.6) is 0 Å². The van der Waals surface area contributed by atoms with Crippen LogP contribution in [0.15, 0.2) is 27.2 Å². The number of aromatic nitrogens is 2. The van der Waals surface area contributed by atoms with Gasteiger partial charge in [0.2, 0.25) is 11.7 Å². The highest BCUT2D eigenvalue weighted by Gasteiger charge is 2.24. The number of Topliss-reactive ketones (excluding diaryl/α,β-unsaturated/α-hetero) is 1. The fraction of sp³-hybridized carbons (Fsp3) is 0.400. The minimum absolute atomic E-state index is 0.0219. The van der Waals surface area contributed by atoms with Crippen molar-refractivity contribution in [1.82, 2.24) is 10.1 Å². The molecular formula is C15H14BrFN2O2. The highest BCUT2D eigenvalue weighted by Crippen LogP contribution is 2.26. The van der Waals surface area contributed by atoms with E-state index in [0.717, 1.165) is 19.3 Å². The van der Waals surface area contributed by atoms with Crippen molar-refractivity contribution < 1.29 is 13.7 Å². The number of carbonyl (C=O) groups is 1. The van der Waals surface area contributed by atoms with E-state index < -0.39 is 0 Å². The Labute approximate surface area is 129 Å². The summed E-state index contributed by atoms with van der Waals surface area (Å²) in [6.45, 7) is 0. The summed E-state index contributed by atoms with van der Waals surface area (Å²) in [4.78, 5) is 16.1. The number of rotatable bonds is 3. The average Bonchev–Trinajstić information content (AvgIpc) is 2.89. The molecule has 1 saturated carbocycles. The molecule has 110 valence electrons. The molecule has 0 spiro atoms. The standard InChI is InChI=1S/C15H14BrFN2O2/c16-11-5-10(6-12(17)8-11)15-18-14(21-19-15)7-9-3-1-2-4-13(9)20/h5-6,8-9H,1-4,7H2. The number of benzene rings is 1. The quantitative estimate of drug-likeness (QED) is 0.839. The third-order valence-corrected chi connectivity index (χ3v) is 4.15. The third-order valence-electron chi connectivity index (χ3n) is 3.69. The van der Waals surface area contributed by atoms with Gasteiger partial charge in [0.15, 0.2) is 0 Å². The van der Waals surface area contributed by atoms with E-state index in [1.807, 2.05) is 0 Å². The van der Waals surface area contributed by atoms with Gasteiger partial charge in [-0.1, -0.05) is 27.5 Å². The van der Waals surface area contributed by atoms with E-state index in [4.69, 9.17) is 4.52 Å². The zero-order chi connectivity index (χ0) is 14.8. The van der Waals surface area contributed by atoms with Crippen LogP contribution >= 0.6 is 15.9 Å². The van der Waals surface area contributed by atoms with Gasteiger partial charge in [-0.15, -0.1) is 0 Å². The van der Waals surface area contributed by atoms with Crippen molar-refractivity contribution in [2.75, 3.05) is 0 Å². The van der Waals surface area contributed by atoms with Gasteiger partial charge < -0.3 is 4.52 Å². The number of carbonyl (C=O) groups excluding carboxylic acids is 1. The number of ketones is 1. The van der Waals surface area contributed by atoms with Gasteiger partial charge in [-0.25, -0.2) is 4.39 Å². The lowest BCUT2D eigenvalue weighted by molar-refractivity contribution is -0.124. The van der Waals surface area contributed by atoms with Crippen LogP contribution in [0.1, 0.15) is 31.6 Å². The van der Waals surface area contributed by atoms with Gasteiger partial charge in [-0.3, -0.25) is 4.79 Å². The van der Waals surface area contributed by atoms with Crippen LogP contribution < -0.4 is 0 Å². The number of hydrogen-bond acceptors (Lipinski definition) is 4. The molecule has 21 heavy (non-hydrogen) atoms. The molecule has 1 aromatic heterocycles. The van der Waals surface area contributed by atoms with Gasteiger partial charge in [0.1, 0.15) is 11.6 Å². The molecule has 1 heterocycles. The lowest BCUT2D eigenvalue weighted by Gasteiger charge is -2.18. The van der Waals surface area contributed by atoms with Crippen molar-refractivity contribution in [3.05, 3.63) is 34.4 Å². The highest BCUT2D eigenvalue weighted by atomic mass is 79.9. The zero-order valence-electron chi connectivity index (χ0n) is 11.3. The fourth-order valence-corrected chi connectivity index (χ4v) is 3.09. The predicted octanol–water partition coefficient (Wildman–Crippen LogP) is 3.94. The molecule has 1 aliphatic rings. The lowest BCUT2D eigenvalue weighted by Crippen LogP contribution is -2.21. The van der Waals surface area contributed by atoms with Crippen LogP contribution in [0.25, 0.3) is 11.4 Å². The van der Waals surface area contributed by atoms with Crippen molar-refractivity contribution in [2.45, 2.75) is 32.1 Å². The molecular weight excluding hydrogens is 339 g/mol. The van der Waals surface area contributed by atoms with Gasteiger partial charge in [-0.05, 0) is 31.0 Å². The van der Waals surface area contributed by atoms with Crippen molar-refractivity contribution in [3.8, 4) is 11.4 Å². The molecule has 1 atom stereocenters. The summed E-state index contributed by atoms with van der Waals surface area (Å²) in [5.41, 5.74) is 0.548. The summed E-state index contributed by atoms with van der Waals surface area (Å²) in [5, 5.41) is 3.87. The molecule has 1 unspecified atom stereocenters. The van der Waals surface area contributed by atoms with Crippen LogP contribution in [0.4, 0.5) is 4.39 Å². The first kappa shape index (κ1) is 14.4. The third kappa shape index (κ3) is 3.37. The van der Waals surface area contributed by atoms with Crippen LogP contribution in [-0.4, -0.2) is 15.9 Å². The Morgan fingerprint density at radius 3 is 2.95 bits per heavy atom. The Morgan fingerprint density at radius 2 is 2.19 bits per heavy atom. The second-order valence-electron chi connectivity index (χ2n) is 5.28. The van der Waals surface area contributed by atoms with Crippen molar-refractivity contribution >= 4 is 21.7 Å². The first-order valence-electron chi connectivity index (χ1n) is 6.93. The summed E-state index contributed by atoms with van der Waals surface area (Å²) in [6.07, 6.45) is 4.03. The normalized spacial score (nSPS) is 19.0. The van der Waals surface area contributed by atoms with E-state index in [2.05, 4.69) is 26.1 Å². The Bertz CT molecular complexity index is 651. The summed E-state index contributed by atoms with van der Waals surface area (Å²) in [7, 11) is 0. The second-order valence-corrected chi connectivity index (χ2v) is 6.20. The molecule has 1 aliphatic carbocycles. The lowest BCUT2D eigenvalue weighted by atomic mass is 9.86. The largest absolute Gasteiger partial charge is 0.339 e. The van der Waals surface area contributed by atoms with Gasteiger partial charge in [0.05, 0.1) is 0 Å². The minimum Gasteiger partial charge on any atom is -0.339 e. The first-order valence-corrected chi connectivity index (χ1v) is 7.73. The minimum atomic E-state index is -0.367. The van der Waals surface area contributed by atoms with Crippen LogP contribution in [0, 0.1) is 11.7 Å². The SMILES string of the molecule is O=C1CCCCC1Cc1nc(-c2cc(F)cc(Br)c2)no1. The van der Waals surface area contributed by atoms with Crippen molar-refractivity contribution in [1.29, 1.82) is 0 Å². The molecule has 1 aromatic carbocycles. The summed E-state index contributed by atoms with van der Waals surface area (Å²) >= 11 is 3.23. The molecule has 0 bridgehead atoms. The maximum absolute atomic E-state index is 13.4. The van der Waals surface area contributed by atoms with Gasteiger partial charge in [0, 0.05) is 28.8 Å². The number of nitrogens with zero attached hydrogens (tertiary/aromatic N) is 2. The van der Waals surface area contributed by atoms with E-state index in [-0.39, 0.29) is 17.5 Å². The average molecular weight is 353 g/mol. The topological polar surface area (TPSA) is 56.0 Å². The number of halogens is 2. The zero-order valence-corrected chi connectivity index (χ0v) is 12.9. The fourth-order valence-electron chi connectivity index (χ4n) is 2.62. The molecule has 0 N–H and O–H groups in total. The maximum Gasteiger partial charge on any atom is 0.227 e. The Morgan fingerprint density at radius 1 is 1.33 bits per heavy atom. The van der Waals surface area contributed by atoms with Crippen molar-refractivity contribution in [3.63, 3.8) is 0 Å². The molecule has 3 rings (SSSR count). The molecule has 6 heteroatoms. The summed E-state index contributed by atoms with van der Waals surface area (Å²) < 4.78 is 19.2. The second kappa shape index (κ2) is 6.05. The predicted molar refractivity (Wildman–Crippen MR) is 78.1 cm³/mol. The van der Waals surface area contributed by atoms with E-state index in [1.165, 1.54) is 12.1 Å². The first-order chi connectivity index (χ1) is 10.1. The van der Waals surface area contributed by atoms with Gasteiger partial charge >= 0.3 is 0 Å². The molecule has 2 aromatic rings. The highest BCUT2D eigenvalue weighted by molar-refractivity contribution is 9.10. The Kier molecular flexibility index (Phi) is 4.14. The number of hydrogen-bond donors (Lipinski definition) is 0. The summed E-state index contributed by atoms with van der Waals surface area (Å²) in [6, 6.07) is 4.44. The van der Waals surface area contributed by atoms with E-state index in [9.17, 15) is 9.18 Å². The molecule has 1 fully saturated rings. The van der Waals surface area contributed by atoms with E-state index in [0.29, 0.717) is 34.6 Å². The molecule has 0 radical (unpaired) electrons. The van der Waals surface area contributed by atoms with Crippen LogP contribution in [0.3, 0.4) is 0 Å². The maximum atomic E-state index is 13.4. The molecule has 0 aliphatic heterocycles. The van der Waals surface area contributed by atoms with Gasteiger partial charge in [0.25, 0.3) is 0 Å². The van der Waals surface area contributed by atoms with Gasteiger partial charge in [-0.2, -0.15) is 4.98 Å². The van der Waals surface area contributed by atoms with E-state index in [1.54, 1.807) is 6.07 Å². The van der Waals surface area contributed by atoms with Crippen LogP contribution in [-0.2, 0) is 11.2 Å².